The Morgan fingerprint density at radius 3 is 2.82 bits per heavy atom. The van der Waals surface area contributed by atoms with Gasteiger partial charge in [0.2, 0.25) is 0 Å². The van der Waals surface area contributed by atoms with Crippen LogP contribution >= 0.6 is 34.3 Å². The second-order valence-corrected chi connectivity index (χ2v) is 9.33. The number of thiophene rings is 2. The van der Waals surface area contributed by atoms with E-state index in [1.54, 1.807) is 12.3 Å². The molecule has 4 heterocycles. The molecule has 1 aromatic carbocycles. The van der Waals surface area contributed by atoms with Crippen molar-refractivity contribution in [2.75, 3.05) is 7.11 Å². The van der Waals surface area contributed by atoms with Crippen LogP contribution < -0.4 is 16.0 Å². The van der Waals surface area contributed by atoms with E-state index in [1.807, 2.05) is 17.5 Å². The van der Waals surface area contributed by atoms with Gasteiger partial charge in [0.25, 0.3) is 5.56 Å². The van der Waals surface area contributed by atoms with E-state index in [1.165, 1.54) is 35.3 Å². The van der Waals surface area contributed by atoms with E-state index in [9.17, 15) is 19.2 Å². The largest absolute Gasteiger partial charge is 0.494 e. The monoisotopic (exact) mass is 498 g/mol. The summed E-state index contributed by atoms with van der Waals surface area (Å²) >= 11 is 8.76. The summed E-state index contributed by atoms with van der Waals surface area (Å²) in [5, 5.41) is 12.1. The fourth-order valence-corrected chi connectivity index (χ4v) is 5.93. The van der Waals surface area contributed by atoms with Crippen LogP contribution in [-0.4, -0.2) is 21.2 Å². The highest BCUT2D eigenvalue weighted by Crippen LogP contribution is 2.39. The Balaban J connectivity index is 1.85. The van der Waals surface area contributed by atoms with Crippen molar-refractivity contribution >= 4 is 54.6 Å². The number of halogens is 2. The predicted molar refractivity (Wildman–Crippen MR) is 127 cm³/mol. The van der Waals surface area contributed by atoms with Gasteiger partial charge in [-0.1, -0.05) is 11.6 Å². The molecule has 0 saturated carbocycles. The Kier molecular flexibility index (Phi) is 5.25. The third kappa shape index (κ3) is 3.33. The van der Waals surface area contributed by atoms with Gasteiger partial charge < -0.3 is 4.74 Å². The number of benzene rings is 1. The summed E-state index contributed by atoms with van der Waals surface area (Å²) in [6, 6.07) is 7.99. The van der Waals surface area contributed by atoms with E-state index < -0.39 is 17.1 Å². The molecule has 0 amide bonds. The first-order valence-corrected chi connectivity index (χ1v) is 11.5. The summed E-state index contributed by atoms with van der Waals surface area (Å²) in [6.07, 6.45) is 3.11. The van der Waals surface area contributed by atoms with Gasteiger partial charge >= 0.3 is 5.69 Å². The summed E-state index contributed by atoms with van der Waals surface area (Å²) in [5.41, 5.74) is -0.0896. The summed E-state index contributed by atoms with van der Waals surface area (Å²) < 4.78 is 22.3. The average molecular weight is 499 g/mol. The minimum atomic E-state index is -0.649. The molecular weight excluding hydrogens is 487 g/mol. The van der Waals surface area contributed by atoms with Gasteiger partial charge in [0.05, 0.1) is 40.3 Å². The van der Waals surface area contributed by atoms with Crippen LogP contribution in [0, 0.1) is 17.1 Å². The highest BCUT2D eigenvalue weighted by atomic mass is 35.5. The molecule has 0 aliphatic carbocycles. The van der Waals surface area contributed by atoms with Crippen molar-refractivity contribution in [3.63, 3.8) is 0 Å². The molecule has 0 N–H and O–H groups in total. The number of aromatic nitrogens is 3. The van der Waals surface area contributed by atoms with Gasteiger partial charge in [0.15, 0.2) is 11.6 Å². The number of ether oxygens (including phenoxy) is 1. The number of methoxy groups -OCH3 is 1. The van der Waals surface area contributed by atoms with Gasteiger partial charge in [-0.05, 0) is 29.6 Å². The van der Waals surface area contributed by atoms with E-state index in [-0.39, 0.29) is 22.0 Å². The Morgan fingerprint density at radius 2 is 2.06 bits per heavy atom. The quantitative estimate of drug-likeness (QED) is 0.354. The molecule has 7 nitrogen and oxygen atoms in total. The zero-order chi connectivity index (χ0) is 23.3. The Morgan fingerprint density at radius 1 is 1.24 bits per heavy atom. The maximum Gasteiger partial charge on any atom is 0.337 e. The topological polar surface area (TPSA) is 89.9 Å². The number of hydrogen-bond acceptors (Lipinski definition) is 7. The van der Waals surface area contributed by atoms with Crippen LogP contribution in [0.25, 0.3) is 36.4 Å². The summed E-state index contributed by atoms with van der Waals surface area (Å²) in [7, 11) is 1.34. The Bertz CT molecular complexity index is 1730. The highest BCUT2D eigenvalue weighted by Gasteiger charge is 2.21. The fraction of sp³-hybridized carbons (Fsp3) is 0.0909. The van der Waals surface area contributed by atoms with Crippen LogP contribution in [0.2, 0.25) is 5.02 Å². The lowest BCUT2D eigenvalue weighted by molar-refractivity contribution is 0.387. The summed E-state index contributed by atoms with van der Waals surface area (Å²) in [5.74, 6) is -0.623. The summed E-state index contributed by atoms with van der Waals surface area (Å²) in [4.78, 5) is 31.6. The van der Waals surface area contributed by atoms with E-state index in [2.05, 4.69) is 4.98 Å². The number of rotatable bonds is 4. The molecule has 0 bridgehead atoms. The number of pyridine rings is 1. The van der Waals surface area contributed by atoms with Gasteiger partial charge in [-0.3, -0.25) is 14.3 Å². The minimum Gasteiger partial charge on any atom is -0.494 e. The number of nitriles is 1. The van der Waals surface area contributed by atoms with Crippen LogP contribution in [-0.2, 0) is 6.54 Å². The maximum absolute atomic E-state index is 14.0. The third-order valence-electron chi connectivity index (χ3n) is 5.14. The zero-order valence-corrected chi connectivity index (χ0v) is 19.2. The van der Waals surface area contributed by atoms with Crippen LogP contribution in [0.4, 0.5) is 4.39 Å². The third-order valence-corrected chi connectivity index (χ3v) is 7.55. The minimum absolute atomic E-state index is 0.00544. The first-order chi connectivity index (χ1) is 15.9. The van der Waals surface area contributed by atoms with Crippen molar-refractivity contribution in [1.29, 1.82) is 5.26 Å². The van der Waals surface area contributed by atoms with E-state index in [0.29, 0.717) is 21.6 Å². The van der Waals surface area contributed by atoms with Crippen molar-refractivity contribution in [2.24, 2.45) is 0 Å². The zero-order valence-electron chi connectivity index (χ0n) is 16.8. The van der Waals surface area contributed by atoms with Gasteiger partial charge in [-0.2, -0.15) is 5.26 Å². The molecule has 0 fully saturated rings. The lowest BCUT2D eigenvalue weighted by atomic mass is 10.1. The SMILES string of the molecule is COc1cc(-c2cc3c(s2)c(=O)n(-c2cncc4ccsc24)c(=O)n3CC#N)c(Cl)cc1F. The molecule has 0 atom stereocenters. The molecule has 0 spiro atoms. The molecule has 0 saturated heterocycles. The van der Waals surface area contributed by atoms with Crippen LogP contribution in [0.1, 0.15) is 0 Å². The van der Waals surface area contributed by atoms with E-state index >= 15 is 0 Å². The maximum atomic E-state index is 14.0. The van der Waals surface area contributed by atoms with Crippen molar-refractivity contribution in [3.05, 3.63) is 73.7 Å². The second-order valence-electron chi connectivity index (χ2n) is 6.96. The Hall–Kier alpha value is -3.52. The molecule has 11 heteroatoms. The smallest absolute Gasteiger partial charge is 0.337 e. The molecule has 0 aliphatic heterocycles. The number of fused-ring (bicyclic) bond motifs is 2. The molecule has 33 heavy (non-hydrogen) atoms. The van der Waals surface area contributed by atoms with Crippen LogP contribution in [0.3, 0.4) is 0 Å². The number of hydrogen-bond donors (Lipinski definition) is 0. The Labute approximate surface area is 198 Å². The summed E-state index contributed by atoms with van der Waals surface area (Å²) in [6.45, 7) is -0.264. The van der Waals surface area contributed by atoms with E-state index in [0.717, 1.165) is 32.1 Å². The van der Waals surface area contributed by atoms with Gasteiger partial charge in [-0.15, -0.1) is 22.7 Å². The van der Waals surface area contributed by atoms with Crippen molar-refractivity contribution in [1.82, 2.24) is 14.1 Å². The van der Waals surface area contributed by atoms with Gasteiger partial charge in [0.1, 0.15) is 11.2 Å². The molecule has 4 aromatic heterocycles. The fourth-order valence-electron chi connectivity index (χ4n) is 3.63. The second kappa shape index (κ2) is 8.12. The first kappa shape index (κ1) is 21.3. The molecule has 164 valence electrons. The molecule has 5 rings (SSSR count). The number of nitrogens with zero attached hydrogens (tertiary/aromatic N) is 4. The predicted octanol–water partition coefficient (Wildman–Crippen LogP) is 4.82. The molecule has 0 aliphatic rings. The van der Waals surface area contributed by atoms with Gasteiger partial charge in [0, 0.05) is 22.0 Å². The standard InChI is InChI=1S/C22H12ClFN4O3S2/c1-31-17-6-12(13(23)7-14(17)24)18-8-15-20(33-18)21(29)28(22(30)27(15)4-3-25)16-10-26-9-11-2-5-32-19(11)16/h2,5-10H,4H2,1H3. The van der Waals surface area contributed by atoms with Crippen LogP contribution in [0.15, 0.2) is 51.6 Å². The molecule has 0 radical (unpaired) electrons. The van der Waals surface area contributed by atoms with Crippen LogP contribution in [0.5, 0.6) is 5.75 Å². The van der Waals surface area contributed by atoms with Crippen molar-refractivity contribution in [3.8, 4) is 27.9 Å². The van der Waals surface area contributed by atoms with Crippen molar-refractivity contribution in [2.45, 2.75) is 6.54 Å². The normalized spacial score (nSPS) is 11.2. The highest BCUT2D eigenvalue weighted by molar-refractivity contribution is 7.22. The lowest BCUT2D eigenvalue weighted by Crippen LogP contribution is -2.38. The first-order valence-electron chi connectivity index (χ1n) is 9.46. The molecule has 0 unspecified atom stereocenters. The lowest BCUT2D eigenvalue weighted by Gasteiger charge is -2.10. The molecule has 5 aromatic rings. The van der Waals surface area contributed by atoms with Gasteiger partial charge in [-0.25, -0.2) is 13.8 Å². The molecular formula is C22H12ClFN4O3S2. The van der Waals surface area contributed by atoms with Crippen molar-refractivity contribution < 1.29 is 9.13 Å². The average Bonchev–Trinajstić information content (AvgIpc) is 3.45. The van der Waals surface area contributed by atoms with E-state index in [4.69, 9.17) is 16.3 Å².